The maximum atomic E-state index is 13.9. The summed E-state index contributed by atoms with van der Waals surface area (Å²) in [5, 5.41) is 12.6. The smallest absolute Gasteiger partial charge is 0.242 e. The van der Waals surface area contributed by atoms with Crippen molar-refractivity contribution in [1.29, 1.82) is 0 Å². The van der Waals surface area contributed by atoms with Gasteiger partial charge in [-0.15, -0.1) is 0 Å². The second-order valence-electron chi connectivity index (χ2n) is 14.0. The highest BCUT2D eigenvalue weighted by atomic mass is 32.2. The lowest BCUT2D eigenvalue weighted by molar-refractivity contribution is -0.253. The van der Waals surface area contributed by atoms with Crippen LogP contribution in [0.15, 0.2) is 126 Å². The van der Waals surface area contributed by atoms with Crippen molar-refractivity contribution >= 4 is 27.6 Å². The molecule has 3 heterocycles. The van der Waals surface area contributed by atoms with Crippen molar-refractivity contribution in [2.75, 3.05) is 42.9 Å². The summed E-state index contributed by atoms with van der Waals surface area (Å²) in [6.07, 6.45) is 3.13. The standard InChI is InChI=1S/C42H46N6O6S/c1-30-11-17-37(18-12-30)55(51,52)46-38(25-31-7-3-2-4-8-31)40(50)45-35-10-5-9-34(26-35)41-53-36(27-39(54-41)33-15-13-32(29-49)14-16-33)28-47-21-23-48(24-22-47)42-43-19-6-20-44-42/h2-20,26,36,38-39,41,46,49H,21-25,27-29H2,1H3,(H,45,50)/t36-,38-,39+,41+/m1/s1. The molecule has 0 saturated carbocycles. The molecular formula is C42H46N6O6S. The third-order valence-electron chi connectivity index (χ3n) is 9.94. The van der Waals surface area contributed by atoms with Crippen LogP contribution in [0.25, 0.3) is 0 Å². The molecule has 55 heavy (non-hydrogen) atoms. The summed E-state index contributed by atoms with van der Waals surface area (Å²) in [4.78, 5) is 27.4. The third kappa shape index (κ3) is 10.00. The fourth-order valence-electron chi connectivity index (χ4n) is 6.91. The number of carbonyl (C=O) groups is 1. The van der Waals surface area contributed by atoms with Gasteiger partial charge in [0.05, 0.1) is 23.7 Å². The number of hydrogen-bond donors (Lipinski definition) is 3. The maximum Gasteiger partial charge on any atom is 0.242 e. The van der Waals surface area contributed by atoms with E-state index in [9.17, 15) is 18.3 Å². The summed E-state index contributed by atoms with van der Waals surface area (Å²) in [5.41, 5.74) is 4.73. The Morgan fingerprint density at radius 1 is 0.836 bits per heavy atom. The van der Waals surface area contributed by atoms with Gasteiger partial charge < -0.3 is 24.8 Å². The van der Waals surface area contributed by atoms with E-state index >= 15 is 0 Å². The Morgan fingerprint density at radius 3 is 2.27 bits per heavy atom. The topological polar surface area (TPSA) is 146 Å². The van der Waals surface area contributed by atoms with E-state index in [1.54, 1.807) is 30.6 Å². The lowest BCUT2D eigenvalue weighted by atomic mass is 9.99. The van der Waals surface area contributed by atoms with Gasteiger partial charge in [-0.3, -0.25) is 9.69 Å². The summed E-state index contributed by atoms with van der Waals surface area (Å²) < 4.78 is 42.8. The average molecular weight is 763 g/mol. The minimum atomic E-state index is -4.01. The SMILES string of the molecule is Cc1ccc(S(=O)(=O)N[C@H](Cc2ccccc2)C(=O)Nc2cccc([C@H]3O[C@@H](CN4CCN(c5ncccn5)CC4)C[C@@H](c4ccc(CO)cc4)O3)c2)cc1. The number of carbonyl (C=O) groups excluding carboxylic acids is 1. The van der Waals surface area contributed by atoms with Crippen LogP contribution < -0.4 is 14.9 Å². The van der Waals surface area contributed by atoms with Crippen LogP contribution >= 0.6 is 0 Å². The van der Waals surface area contributed by atoms with Crippen LogP contribution in [0, 0.1) is 6.92 Å². The molecular weight excluding hydrogens is 717 g/mol. The van der Waals surface area contributed by atoms with E-state index in [0.29, 0.717) is 24.2 Å². The van der Waals surface area contributed by atoms with Crippen LogP contribution in [-0.2, 0) is 37.3 Å². The van der Waals surface area contributed by atoms with Gasteiger partial charge in [0.2, 0.25) is 21.9 Å². The first-order valence-corrected chi connectivity index (χ1v) is 20.0. The van der Waals surface area contributed by atoms with E-state index in [0.717, 1.165) is 54.4 Å². The Kier molecular flexibility index (Phi) is 12.3. The monoisotopic (exact) mass is 762 g/mol. The first-order chi connectivity index (χ1) is 26.7. The Labute approximate surface area is 322 Å². The van der Waals surface area contributed by atoms with Crippen LogP contribution in [0.4, 0.5) is 11.6 Å². The second kappa shape index (κ2) is 17.6. The fraction of sp³-hybridized carbons (Fsp3) is 0.310. The van der Waals surface area contributed by atoms with Gasteiger partial charge in [0.15, 0.2) is 6.29 Å². The number of aliphatic hydroxyl groups is 1. The van der Waals surface area contributed by atoms with Crippen molar-refractivity contribution in [2.45, 2.75) is 55.8 Å². The number of nitrogens with one attached hydrogen (secondary N) is 2. The number of rotatable bonds is 13. The number of piperazine rings is 1. The Morgan fingerprint density at radius 2 is 1.56 bits per heavy atom. The first kappa shape index (κ1) is 38.3. The van der Waals surface area contributed by atoms with E-state index in [-0.39, 0.29) is 30.1 Å². The van der Waals surface area contributed by atoms with Gasteiger partial charge in [0, 0.05) is 62.8 Å². The minimum Gasteiger partial charge on any atom is -0.392 e. The predicted molar refractivity (Wildman–Crippen MR) is 210 cm³/mol. The molecule has 4 aromatic carbocycles. The molecule has 13 heteroatoms. The Balaban J connectivity index is 1.08. The normalized spacial score (nSPS) is 19.8. The van der Waals surface area contributed by atoms with E-state index in [4.69, 9.17) is 9.47 Å². The molecule has 0 radical (unpaired) electrons. The number of nitrogens with zero attached hydrogens (tertiary/aromatic N) is 4. The van der Waals surface area contributed by atoms with E-state index in [2.05, 4.69) is 29.8 Å². The lowest BCUT2D eigenvalue weighted by Gasteiger charge is -2.40. The molecule has 7 rings (SSSR count). The number of aliphatic hydroxyl groups excluding tert-OH is 1. The number of hydrogen-bond acceptors (Lipinski definition) is 10. The van der Waals surface area contributed by atoms with E-state index in [1.165, 1.54) is 12.1 Å². The van der Waals surface area contributed by atoms with Crippen LogP contribution in [0.1, 0.15) is 46.6 Å². The lowest BCUT2D eigenvalue weighted by Crippen LogP contribution is -2.50. The average Bonchev–Trinajstić information content (AvgIpc) is 3.22. The molecule has 0 spiro atoms. The quantitative estimate of drug-likeness (QED) is 0.147. The summed E-state index contributed by atoms with van der Waals surface area (Å²) in [6, 6.07) is 31.6. The second-order valence-corrected chi connectivity index (χ2v) is 15.7. The molecule has 2 aliphatic rings. The van der Waals surface area contributed by atoms with Gasteiger partial charge in [0.25, 0.3) is 0 Å². The van der Waals surface area contributed by atoms with Crippen molar-refractivity contribution in [2.24, 2.45) is 0 Å². The molecule has 1 aromatic heterocycles. The number of aryl methyl sites for hydroxylation is 1. The largest absolute Gasteiger partial charge is 0.392 e. The number of ether oxygens (including phenoxy) is 2. The number of anilines is 2. The zero-order chi connectivity index (χ0) is 38.2. The fourth-order valence-corrected chi connectivity index (χ4v) is 8.10. The molecule has 2 aliphatic heterocycles. The highest BCUT2D eigenvalue weighted by Crippen LogP contribution is 2.39. The van der Waals surface area contributed by atoms with Gasteiger partial charge in [0.1, 0.15) is 6.04 Å². The number of aromatic nitrogens is 2. The summed E-state index contributed by atoms with van der Waals surface area (Å²) >= 11 is 0. The highest BCUT2D eigenvalue weighted by Gasteiger charge is 2.34. The predicted octanol–water partition coefficient (Wildman–Crippen LogP) is 5.17. The zero-order valence-corrected chi connectivity index (χ0v) is 31.5. The molecule has 4 atom stereocenters. The van der Waals surface area contributed by atoms with Gasteiger partial charge in [-0.05, 0) is 60.4 Å². The molecule has 12 nitrogen and oxygen atoms in total. The van der Waals surface area contributed by atoms with Crippen LogP contribution in [0.3, 0.4) is 0 Å². The molecule has 2 fully saturated rings. The molecule has 5 aromatic rings. The van der Waals surface area contributed by atoms with Crippen molar-refractivity contribution in [3.63, 3.8) is 0 Å². The van der Waals surface area contributed by atoms with Gasteiger partial charge in [-0.2, -0.15) is 4.72 Å². The van der Waals surface area contributed by atoms with Gasteiger partial charge in [-0.1, -0.05) is 84.4 Å². The Bertz CT molecular complexity index is 2120. The van der Waals surface area contributed by atoms with Gasteiger partial charge >= 0.3 is 0 Å². The maximum absolute atomic E-state index is 13.9. The zero-order valence-electron chi connectivity index (χ0n) is 30.7. The van der Waals surface area contributed by atoms with Crippen LogP contribution in [-0.4, -0.2) is 79.2 Å². The molecule has 0 aliphatic carbocycles. The van der Waals surface area contributed by atoms with E-state index < -0.39 is 28.3 Å². The van der Waals surface area contributed by atoms with E-state index in [1.807, 2.05) is 85.8 Å². The number of benzene rings is 4. The summed E-state index contributed by atoms with van der Waals surface area (Å²) in [5.74, 6) is 0.236. The van der Waals surface area contributed by atoms with Crippen LogP contribution in [0.5, 0.6) is 0 Å². The molecule has 3 N–H and O–H groups in total. The molecule has 286 valence electrons. The minimum absolute atomic E-state index is 0.0434. The van der Waals surface area contributed by atoms with Crippen molar-refractivity contribution < 1.29 is 27.8 Å². The molecule has 0 bridgehead atoms. The van der Waals surface area contributed by atoms with Gasteiger partial charge in [-0.25, -0.2) is 18.4 Å². The molecule has 0 unspecified atom stereocenters. The van der Waals surface area contributed by atoms with Crippen molar-refractivity contribution in [1.82, 2.24) is 19.6 Å². The third-order valence-corrected chi connectivity index (χ3v) is 11.4. The molecule has 2 saturated heterocycles. The summed E-state index contributed by atoms with van der Waals surface area (Å²) in [6.45, 7) is 5.81. The Hall–Kier alpha value is -5.02. The number of sulfonamides is 1. The van der Waals surface area contributed by atoms with Crippen molar-refractivity contribution in [3.8, 4) is 0 Å². The first-order valence-electron chi connectivity index (χ1n) is 18.5. The highest BCUT2D eigenvalue weighted by molar-refractivity contribution is 7.89. The molecule has 1 amide bonds. The summed E-state index contributed by atoms with van der Waals surface area (Å²) in [7, 11) is -4.01. The van der Waals surface area contributed by atoms with Crippen molar-refractivity contribution in [3.05, 3.63) is 149 Å². The number of amides is 1. The van der Waals surface area contributed by atoms with Crippen LogP contribution in [0.2, 0.25) is 0 Å².